The second-order valence-electron chi connectivity index (χ2n) is 11.8. The highest BCUT2D eigenvalue weighted by atomic mass is 19.4. The van der Waals surface area contributed by atoms with Gasteiger partial charge in [-0.3, -0.25) is 4.79 Å². The number of nitrogens with one attached hydrogen (secondary N) is 1. The Morgan fingerprint density at radius 1 is 0.860 bits per heavy atom. The first kappa shape index (κ1) is 36.0. The average molecular weight is 690 g/mol. The van der Waals surface area contributed by atoms with Gasteiger partial charge in [-0.05, 0) is 78.8 Å². The molecule has 262 valence electrons. The lowest BCUT2D eigenvalue weighted by molar-refractivity contribution is -0.137. The van der Waals surface area contributed by atoms with Crippen molar-refractivity contribution >= 4 is 22.8 Å². The number of hydrogen-bond donors (Lipinski definition) is 2. The number of aryl methyl sites for hydroxylation is 2. The van der Waals surface area contributed by atoms with Crippen LogP contribution in [0.5, 0.6) is 11.5 Å². The van der Waals surface area contributed by atoms with Crippen LogP contribution in [0.2, 0.25) is 0 Å². The van der Waals surface area contributed by atoms with Gasteiger partial charge in [-0.2, -0.15) is 13.2 Å². The van der Waals surface area contributed by atoms with Gasteiger partial charge >= 0.3 is 12.1 Å². The molecule has 0 unspecified atom stereocenters. The lowest BCUT2D eigenvalue weighted by Gasteiger charge is -2.16. The molecule has 5 rings (SSSR count). The number of hydrogen-bond acceptors (Lipinski definition) is 7. The fraction of sp³-hybridized carbons (Fsp3) is 0.282. The molecule has 0 fully saturated rings. The van der Waals surface area contributed by atoms with Crippen LogP contribution in [0.25, 0.3) is 22.3 Å². The number of carbonyl (C=O) groups excluding carboxylic acids is 2. The van der Waals surface area contributed by atoms with E-state index in [4.69, 9.17) is 18.6 Å². The van der Waals surface area contributed by atoms with Crippen LogP contribution >= 0.6 is 0 Å². The van der Waals surface area contributed by atoms with Crippen LogP contribution in [0, 0.1) is 0 Å². The van der Waals surface area contributed by atoms with Gasteiger partial charge in [-0.25, -0.2) is 4.79 Å². The Kier molecular flexibility index (Phi) is 11.8. The summed E-state index contributed by atoms with van der Waals surface area (Å²) in [4.78, 5) is 26.6. The molecule has 0 bridgehead atoms. The zero-order chi connectivity index (χ0) is 35.7. The van der Waals surface area contributed by atoms with E-state index in [-0.39, 0.29) is 60.2 Å². The van der Waals surface area contributed by atoms with E-state index in [1.54, 1.807) is 19.2 Å². The van der Waals surface area contributed by atoms with Gasteiger partial charge in [0.25, 0.3) is 0 Å². The van der Waals surface area contributed by atoms with Crippen molar-refractivity contribution in [1.82, 2.24) is 5.32 Å². The van der Waals surface area contributed by atoms with Crippen LogP contribution in [-0.2, 0) is 35.0 Å². The molecule has 0 radical (unpaired) electrons. The number of fused-ring (bicyclic) bond motifs is 1. The molecule has 0 aliphatic rings. The van der Waals surface area contributed by atoms with Gasteiger partial charge in [0.05, 0.1) is 39.0 Å². The van der Waals surface area contributed by atoms with Gasteiger partial charge in [-0.1, -0.05) is 54.6 Å². The van der Waals surface area contributed by atoms with Crippen molar-refractivity contribution in [3.63, 3.8) is 0 Å². The molecule has 1 heterocycles. The molecule has 1 aromatic heterocycles. The molecular formula is C39H38F3NO7. The number of alkyl halides is 3. The van der Waals surface area contributed by atoms with Crippen LogP contribution in [0.15, 0.2) is 95.4 Å². The maximum atomic E-state index is 13.7. The Hall–Kier alpha value is -5.29. The van der Waals surface area contributed by atoms with Crippen LogP contribution in [0.4, 0.5) is 13.2 Å². The Morgan fingerprint density at radius 2 is 1.58 bits per heavy atom. The normalized spacial score (nSPS) is 12.0. The number of ether oxygens (including phenoxy) is 3. The predicted molar refractivity (Wildman–Crippen MR) is 182 cm³/mol. The molecule has 5 aromatic rings. The topological polar surface area (TPSA) is 107 Å². The van der Waals surface area contributed by atoms with E-state index in [1.165, 1.54) is 19.2 Å². The summed E-state index contributed by atoms with van der Waals surface area (Å²) in [7, 11) is 3.02. The monoisotopic (exact) mass is 689 g/mol. The van der Waals surface area contributed by atoms with Crippen molar-refractivity contribution in [2.24, 2.45) is 0 Å². The van der Waals surface area contributed by atoms with E-state index < -0.39 is 23.8 Å². The first-order valence-corrected chi connectivity index (χ1v) is 16.1. The lowest BCUT2D eigenvalue weighted by atomic mass is 10.0. The third kappa shape index (κ3) is 9.03. The number of esters is 1. The lowest BCUT2D eigenvalue weighted by Crippen LogP contribution is -2.39. The zero-order valence-electron chi connectivity index (χ0n) is 27.7. The minimum Gasteiger partial charge on any atom is -0.497 e. The number of halogens is 3. The third-order valence-corrected chi connectivity index (χ3v) is 8.27. The summed E-state index contributed by atoms with van der Waals surface area (Å²) in [5.74, 6) is 0.0663. The fourth-order valence-corrected chi connectivity index (χ4v) is 5.66. The number of methoxy groups -OCH3 is 2. The molecule has 11 heteroatoms. The van der Waals surface area contributed by atoms with Crippen molar-refractivity contribution in [3.8, 4) is 22.8 Å². The Morgan fingerprint density at radius 3 is 2.22 bits per heavy atom. The highest BCUT2D eigenvalue weighted by Crippen LogP contribution is 2.40. The average Bonchev–Trinajstić information content (AvgIpc) is 3.52. The van der Waals surface area contributed by atoms with Crippen molar-refractivity contribution < 1.29 is 46.5 Å². The summed E-state index contributed by atoms with van der Waals surface area (Å²) in [6.45, 7) is -0.149. The van der Waals surface area contributed by atoms with Gasteiger partial charge in [0, 0.05) is 17.4 Å². The largest absolute Gasteiger partial charge is 0.497 e. The summed E-state index contributed by atoms with van der Waals surface area (Å²) in [6, 6.07) is 24.3. The Balaban J connectivity index is 1.38. The standard InChI is InChI=1S/C39H38F3NO7/c1-47-31-17-10-25(11-18-31)9-6-20-49-38(46)35-32-22-27(12-19-34(45)43-30(24-44)21-26-7-4-3-5-8-26)23-33(48-2)37(32)50-36(35)28-13-15-29(16-14-28)39(40,41)42/h3-5,7-8,10-11,13-18,22-23,30,44H,6,9,12,19-21,24H2,1-2H3,(H,43,45)/t30-/m0/s1. The summed E-state index contributed by atoms with van der Waals surface area (Å²) in [5.41, 5.74) is 2.32. The number of amides is 1. The van der Waals surface area contributed by atoms with Gasteiger partial charge in [-0.15, -0.1) is 0 Å². The van der Waals surface area contributed by atoms with Gasteiger partial charge in [0.15, 0.2) is 11.3 Å². The summed E-state index contributed by atoms with van der Waals surface area (Å²) < 4.78 is 62.6. The maximum Gasteiger partial charge on any atom is 0.416 e. The number of aliphatic hydroxyl groups is 1. The third-order valence-electron chi connectivity index (χ3n) is 8.27. The maximum absolute atomic E-state index is 13.7. The second kappa shape index (κ2) is 16.4. The number of rotatable bonds is 15. The Bertz CT molecular complexity index is 1890. The van der Waals surface area contributed by atoms with Gasteiger partial charge < -0.3 is 29.1 Å². The molecule has 0 spiro atoms. The first-order chi connectivity index (χ1) is 24.1. The summed E-state index contributed by atoms with van der Waals surface area (Å²) in [6.07, 6.45) is -2.57. The quantitative estimate of drug-likeness (QED) is 0.0863. The first-order valence-electron chi connectivity index (χ1n) is 16.1. The van der Waals surface area contributed by atoms with Crippen LogP contribution < -0.4 is 14.8 Å². The van der Waals surface area contributed by atoms with Crippen molar-refractivity contribution in [3.05, 3.63) is 119 Å². The van der Waals surface area contributed by atoms with E-state index in [9.17, 15) is 27.9 Å². The van der Waals surface area contributed by atoms with E-state index in [1.807, 2.05) is 54.6 Å². The van der Waals surface area contributed by atoms with Gasteiger partial charge in [0.1, 0.15) is 17.1 Å². The number of aliphatic hydroxyl groups excluding tert-OH is 1. The second-order valence-corrected chi connectivity index (χ2v) is 11.8. The van der Waals surface area contributed by atoms with Crippen LogP contribution in [0.1, 0.15) is 45.5 Å². The molecule has 50 heavy (non-hydrogen) atoms. The molecule has 8 nitrogen and oxygen atoms in total. The highest BCUT2D eigenvalue weighted by Gasteiger charge is 2.31. The SMILES string of the molecule is COc1ccc(CCCOC(=O)c2c(-c3ccc(C(F)(F)F)cc3)oc3c(OC)cc(CCC(=O)N[C@H](CO)Cc4ccccc4)cc23)cc1. The molecule has 0 aliphatic carbocycles. The van der Waals surface area contributed by atoms with E-state index in [2.05, 4.69) is 5.32 Å². The molecule has 0 saturated carbocycles. The molecule has 0 aliphatic heterocycles. The molecule has 2 N–H and O–H groups in total. The minimum atomic E-state index is -4.54. The van der Waals surface area contributed by atoms with Crippen LogP contribution in [0.3, 0.4) is 0 Å². The minimum absolute atomic E-state index is 0.0359. The highest BCUT2D eigenvalue weighted by molar-refractivity contribution is 6.10. The van der Waals surface area contributed by atoms with Crippen molar-refractivity contribution in [2.45, 2.75) is 44.3 Å². The zero-order valence-corrected chi connectivity index (χ0v) is 27.7. The van der Waals surface area contributed by atoms with Crippen LogP contribution in [-0.4, -0.2) is 50.5 Å². The molecule has 4 aromatic carbocycles. The number of benzene rings is 4. The molecule has 1 atom stereocenters. The summed E-state index contributed by atoms with van der Waals surface area (Å²) >= 11 is 0. The van der Waals surface area contributed by atoms with E-state index in [0.29, 0.717) is 30.2 Å². The number of furan rings is 1. The van der Waals surface area contributed by atoms with Gasteiger partial charge in [0.2, 0.25) is 5.91 Å². The molecule has 0 saturated heterocycles. The fourth-order valence-electron chi connectivity index (χ4n) is 5.66. The molecular weight excluding hydrogens is 651 g/mol. The Labute approximate surface area is 287 Å². The van der Waals surface area contributed by atoms with E-state index in [0.717, 1.165) is 29.0 Å². The number of carbonyl (C=O) groups is 2. The van der Waals surface area contributed by atoms with E-state index >= 15 is 0 Å². The molecule has 1 amide bonds. The summed E-state index contributed by atoms with van der Waals surface area (Å²) in [5, 5.41) is 13.1. The van der Waals surface area contributed by atoms with Crippen molar-refractivity contribution in [1.29, 1.82) is 0 Å². The predicted octanol–water partition coefficient (Wildman–Crippen LogP) is 7.58. The smallest absolute Gasteiger partial charge is 0.416 e. The van der Waals surface area contributed by atoms with Crippen molar-refractivity contribution in [2.75, 3.05) is 27.4 Å².